The average molecular weight is 296 g/mol. The molecule has 0 amide bonds. The molecule has 2 rings (SSSR count). The second kappa shape index (κ2) is 5.27. The van der Waals surface area contributed by atoms with E-state index in [-0.39, 0.29) is 5.82 Å². The van der Waals surface area contributed by atoms with Crippen molar-refractivity contribution in [1.29, 1.82) is 0 Å². The van der Waals surface area contributed by atoms with E-state index in [1.165, 1.54) is 6.07 Å². The number of aryl methyl sites for hydroxylation is 1. The van der Waals surface area contributed by atoms with E-state index in [0.29, 0.717) is 17.9 Å². The van der Waals surface area contributed by atoms with Gasteiger partial charge in [0.05, 0.1) is 0 Å². The van der Waals surface area contributed by atoms with Crippen molar-refractivity contribution in [3.05, 3.63) is 58.1 Å². The van der Waals surface area contributed by atoms with Gasteiger partial charge in [-0.2, -0.15) is 0 Å². The zero-order chi connectivity index (χ0) is 12.3. The summed E-state index contributed by atoms with van der Waals surface area (Å²) in [7, 11) is 0. The van der Waals surface area contributed by atoms with Gasteiger partial charge in [0, 0.05) is 22.4 Å². The quantitative estimate of drug-likeness (QED) is 0.857. The Labute approximate surface area is 108 Å². The number of halogens is 2. The Balaban J connectivity index is 2.05. The summed E-state index contributed by atoms with van der Waals surface area (Å²) in [4.78, 5) is 4.04. The van der Waals surface area contributed by atoms with Crippen molar-refractivity contribution in [2.45, 2.75) is 13.5 Å². The summed E-state index contributed by atoms with van der Waals surface area (Å²) in [6.45, 7) is 2.13. The first kappa shape index (κ1) is 12.0. The molecule has 0 bridgehead atoms. The third kappa shape index (κ3) is 3.27. The molecule has 1 heterocycles. The average Bonchev–Trinajstić information content (AvgIpc) is 2.31. The van der Waals surface area contributed by atoms with Gasteiger partial charge in [0.25, 0.3) is 0 Å². The smallest absolute Gasteiger partial charge is 0.126 e. The fraction of sp³-hybridized carbons (Fsp3) is 0.154. The molecule has 0 saturated carbocycles. The van der Waals surface area contributed by atoms with Crippen LogP contribution >= 0.6 is 15.9 Å². The summed E-state index contributed by atoms with van der Waals surface area (Å²) < 4.78 is 19.5. The van der Waals surface area contributed by atoms with E-state index in [2.05, 4.69) is 20.9 Å². The molecule has 88 valence electrons. The lowest BCUT2D eigenvalue weighted by Gasteiger charge is -2.07. The third-order valence-electron chi connectivity index (χ3n) is 2.30. The number of hydrogen-bond acceptors (Lipinski definition) is 2. The summed E-state index contributed by atoms with van der Waals surface area (Å²) >= 11 is 3.34. The Morgan fingerprint density at radius 1 is 1.29 bits per heavy atom. The molecule has 0 aliphatic heterocycles. The predicted octanol–water partition coefficient (Wildman–Crippen LogP) is 3.87. The molecular formula is C13H11BrFNO. The molecule has 1 aromatic carbocycles. The maximum absolute atomic E-state index is 13.0. The molecule has 1 aromatic heterocycles. The molecule has 0 fully saturated rings. The SMILES string of the molecule is Cc1cc(OCc2cncc(Br)c2)ccc1F. The summed E-state index contributed by atoms with van der Waals surface area (Å²) in [5.74, 6) is 0.436. The van der Waals surface area contributed by atoms with E-state index >= 15 is 0 Å². The Morgan fingerprint density at radius 3 is 2.82 bits per heavy atom. The highest BCUT2D eigenvalue weighted by Crippen LogP contribution is 2.18. The van der Waals surface area contributed by atoms with Crippen LogP contribution in [0.5, 0.6) is 5.75 Å². The molecule has 0 atom stereocenters. The van der Waals surface area contributed by atoms with E-state index in [1.807, 2.05) is 6.07 Å². The molecule has 4 heteroatoms. The Hall–Kier alpha value is -1.42. The van der Waals surface area contributed by atoms with Gasteiger partial charge >= 0.3 is 0 Å². The zero-order valence-corrected chi connectivity index (χ0v) is 10.9. The highest BCUT2D eigenvalue weighted by molar-refractivity contribution is 9.10. The first-order chi connectivity index (χ1) is 8.15. The molecule has 0 saturated heterocycles. The van der Waals surface area contributed by atoms with Crippen LogP contribution in [-0.2, 0) is 6.61 Å². The topological polar surface area (TPSA) is 22.1 Å². The highest BCUT2D eigenvalue weighted by Gasteiger charge is 2.01. The van der Waals surface area contributed by atoms with Gasteiger partial charge in [-0.05, 0) is 52.7 Å². The Bertz CT molecular complexity index is 531. The number of nitrogens with zero attached hydrogens (tertiary/aromatic N) is 1. The van der Waals surface area contributed by atoms with Crippen molar-refractivity contribution in [2.75, 3.05) is 0 Å². The number of benzene rings is 1. The molecule has 0 radical (unpaired) electrons. The van der Waals surface area contributed by atoms with Crippen LogP contribution in [0.15, 0.2) is 41.1 Å². The van der Waals surface area contributed by atoms with Crippen molar-refractivity contribution in [3.8, 4) is 5.75 Å². The van der Waals surface area contributed by atoms with Crippen LogP contribution in [-0.4, -0.2) is 4.98 Å². The lowest BCUT2D eigenvalue weighted by Crippen LogP contribution is -1.96. The van der Waals surface area contributed by atoms with Crippen molar-refractivity contribution >= 4 is 15.9 Å². The first-order valence-electron chi connectivity index (χ1n) is 5.13. The van der Waals surface area contributed by atoms with E-state index in [9.17, 15) is 4.39 Å². The van der Waals surface area contributed by atoms with Crippen LogP contribution in [0, 0.1) is 12.7 Å². The molecule has 2 nitrogen and oxygen atoms in total. The van der Waals surface area contributed by atoms with Crippen molar-refractivity contribution < 1.29 is 9.13 Å². The van der Waals surface area contributed by atoms with Gasteiger partial charge in [-0.3, -0.25) is 4.98 Å². The maximum atomic E-state index is 13.0. The summed E-state index contributed by atoms with van der Waals surface area (Å²) in [6.07, 6.45) is 3.45. The van der Waals surface area contributed by atoms with Gasteiger partial charge in [-0.1, -0.05) is 0 Å². The van der Waals surface area contributed by atoms with Gasteiger partial charge in [-0.25, -0.2) is 4.39 Å². The van der Waals surface area contributed by atoms with Gasteiger partial charge in [0.1, 0.15) is 18.2 Å². The molecule has 17 heavy (non-hydrogen) atoms. The minimum Gasteiger partial charge on any atom is -0.489 e. The molecule has 0 spiro atoms. The molecular weight excluding hydrogens is 285 g/mol. The predicted molar refractivity (Wildman–Crippen MR) is 67.4 cm³/mol. The maximum Gasteiger partial charge on any atom is 0.126 e. The van der Waals surface area contributed by atoms with Gasteiger partial charge < -0.3 is 4.74 Å². The zero-order valence-electron chi connectivity index (χ0n) is 9.28. The number of hydrogen-bond donors (Lipinski definition) is 0. The fourth-order valence-electron chi connectivity index (χ4n) is 1.41. The lowest BCUT2D eigenvalue weighted by atomic mass is 10.2. The van der Waals surface area contributed by atoms with Gasteiger partial charge in [0.15, 0.2) is 0 Å². The molecule has 2 aromatic rings. The third-order valence-corrected chi connectivity index (χ3v) is 2.73. The largest absolute Gasteiger partial charge is 0.489 e. The van der Waals surface area contributed by atoms with Crippen LogP contribution in [0.3, 0.4) is 0 Å². The summed E-state index contributed by atoms with van der Waals surface area (Å²) in [5, 5.41) is 0. The van der Waals surface area contributed by atoms with Gasteiger partial charge in [0.2, 0.25) is 0 Å². The molecule has 0 aliphatic rings. The van der Waals surface area contributed by atoms with Crippen molar-refractivity contribution in [1.82, 2.24) is 4.98 Å². The minimum atomic E-state index is -0.221. The van der Waals surface area contributed by atoms with Crippen LogP contribution in [0.2, 0.25) is 0 Å². The van der Waals surface area contributed by atoms with Crippen molar-refractivity contribution in [3.63, 3.8) is 0 Å². The number of aromatic nitrogens is 1. The van der Waals surface area contributed by atoms with E-state index < -0.39 is 0 Å². The van der Waals surface area contributed by atoms with E-state index in [0.717, 1.165) is 10.0 Å². The first-order valence-corrected chi connectivity index (χ1v) is 5.93. The van der Waals surface area contributed by atoms with Gasteiger partial charge in [-0.15, -0.1) is 0 Å². The van der Waals surface area contributed by atoms with Crippen LogP contribution in [0.1, 0.15) is 11.1 Å². The fourth-order valence-corrected chi connectivity index (χ4v) is 1.82. The van der Waals surface area contributed by atoms with Crippen LogP contribution < -0.4 is 4.74 Å². The number of rotatable bonds is 3. The molecule has 0 N–H and O–H groups in total. The minimum absolute atomic E-state index is 0.221. The monoisotopic (exact) mass is 295 g/mol. The normalized spacial score (nSPS) is 10.3. The standard InChI is InChI=1S/C13H11BrFNO/c1-9-4-12(2-3-13(9)15)17-8-10-5-11(14)7-16-6-10/h2-7H,8H2,1H3. The van der Waals surface area contributed by atoms with Crippen molar-refractivity contribution in [2.24, 2.45) is 0 Å². The summed E-state index contributed by atoms with van der Waals surface area (Å²) in [5.41, 5.74) is 1.54. The summed E-state index contributed by atoms with van der Waals surface area (Å²) in [6, 6.07) is 6.64. The van der Waals surface area contributed by atoms with Crippen LogP contribution in [0.25, 0.3) is 0 Å². The number of pyridine rings is 1. The second-order valence-corrected chi connectivity index (χ2v) is 4.63. The second-order valence-electron chi connectivity index (χ2n) is 3.71. The Morgan fingerprint density at radius 2 is 2.12 bits per heavy atom. The number of ether oxygens (including phenoxy) is 1. The molecule has 0 unspecified atom stereocenters. The van der Waals surface area contributed by atoms with Crippen LogP contribution in [0.4, 0.5) is 4.39 Å². The Kier molecular flexibility index (Phi) is 3.74. The lowest BCUT2D eigenvalue weighted by molar-refractivity contribution is 0.305. The molecule has 0 aliphatic carbocycles. The highest BCUT2D eigenvalue weighted by atomic mass is 79.9. The van der Waals surface area contributed by atoms with E-state index in [4.69, 9.17) is 4.74 Å². The van der Waals surface area contributed by atoms with E-state index in [1.54, 1.807) is 31.5 Å².